The number of fused-ring (bicyclic) bond motifs is 3. The summed E-state index contributed by atoms with van der Waals surface area (Å²) in [5, 5.41) is 0. The maximum Gasteiger partial charge on any atom is 0.168 e. The molecule has 1 saturated carbocycles. The van der Waals surface area contributed by atoms with Crippen LogP contribution in [0.15, 0.2) is 0 Å². The van der Waals surface area contributed by atoms with Gasteiger partial charge in [-0.3, -0.25) is 4.79 Å². The number of nitrogens with zero attached hydrogens (tertiary/aromatic N) is 2. The van der Waals surface area contributed by atoms with Gasteiger partial charge in [-0.2, -0.15) is 4.37 Å². The molecule has 0 N–H and O–H groups in total. The van der Waals surface area contributed by atoms with E-state index in [1.165, 1.54) is 53.8 Å². The Morgan fingerprint density at radius 1 is 1.08 bits per heavy atom. The molecule has 0 aromatic rings. The number of carbonyl (C=O) groups is 1. The van der Waals surface area contributed by atoms with E-state index in [2.05, 4.69) is 9.27 Å². The van der Waals surface area contributed by atoms with Crippen molar-refractivity contribution in [2.24, 2.45) is 5.92 Å². The number of Topliss-reactive ketones (excluding diaryl/α,β-unsaturated/α-hetero) is 1. The van der Waals surface area contributed by atoms with Crippen LogP contribution in [0.5, 0.6) is 0 Å². The standard InChI is InChI=1S/C20H24N2OS/c1-12-16(19(23)13-8-9-13)17-18(22-10-3-2-4-11-22)14-6-5-7-15(14)20(17)24-21-12/h13H,2-11H2,1H3. The van der Waals surface area contributed by atoms with Gasteiger partial charge in [-0.1, -0.05) is 0 Å². The van der Waals surface area contributed by atoms with E-state index in [0.29, 0.717) is 5.78 Å². The van der Waals surface area contributed by atoms with Crippen LogP contribution in [0.1, 0.15) is 65.7 Å². The van der Waals surface area contributed by atoms with Crippen molar-refractivity contribution in [2.45, 2.75) is 58.3 Å². The summed E-state index contributed by atoms with van der Waals surface area (Å²) in [5.41, 5.74) is 7.65. The number of aryl methyl sites for hydroxylation is 1. The van der Waals surface area contributed by atoms with Crippen molar-refractivity contribution in [1.29, 1.82) is 0 Å². The van der Waals surface area contributed by atoms with E-state index in [-0.39, 0.29) is 5.92 Å². The lowest BCUT2D eigenvalue weighted by Gasteiger charge is -2.31. The highest BCUT2D eigenvalue weighted by atomic mass is 32.1. The minimum atomic E-state index is 0.264. The van der Waals surface area contributed by atoms with Gasteiger partial charge in [-0.15, -0.1) is 0 Å². The van der Waals surface area contributed by atoms with E-state index in [0.717, 1.165) is 43.6 Å². The fourth-order valence-corrected chi connectivity index (χ4v) is 5.60. The highest BCUT2D eigenvalue weighted by Gasteiger charge is 2.39. The molecule has 24 heavy (non-hydrogen) atoms. The minimum Gasteiger partial charge on any atom is -0.371 e. The van der Waals surface area contributed by atoms with E-state index in [9.17, 15) is 4.79 Å². The maximum atomic E-state index is 13.0. The number of anilines is 1. The molecule has 0 bridgehead atoms. The van der Waals surface area contributed by atoms with Crippen LogP contribution >= 0.6 is 11.5 Å². The van der Waals surface area contributed by atoms with Crippen molar-refractivity contribution in [3.05, 3.63) is 22.4 Å². The summed E-state index contributed by atoms with van der Waals surface area (Å²) in [6, 6.07) is 0. The Balaban J connectivity index is 1.76. The van der Waals surface area contributed by atoms with Crippen LogP contribution in [0, 0.1) is 12.8 Å². The fraction of sp³-hybridized carbons (Fsp3) is 0.600. The summed E-state index contributed by atoms with van der Waals surface area (Å²) in [6.07, 6.45) is 9.63. The zero-order valence-corrected chi connectivity index (χ0v) is 15.2. The molecule has 5 rings (SSSR count). The van der Waals surface area contributed by atoms with Crippen LogP contribution < -0.4 is 4.90 Å². The predicted molar refractivity (Wildman–Crippen MR) is 98.6 cm³/mol. The van der Waals surface area contributed by atoms with Gasteiger partial charge < -0.3 is 4.90 Å². The second kappa shape index (κ2) is 5.55. The molecule has 0 atom stereocenters. The molecule has 5 aliphatic rings. The van der Waals surface area contributed by atoms with E-state index >= 15 is 0 Å². The third-order valence-electron chi connectivity index (χ3n) is 5.99. The summed E-state index contributed by atoms with van der Waals surface area (Å²) in [6.45, 7) is 4.33. The molecule has 0 radical (unpaired) electrons. The number of rotatable bonds is 3. The van der Waals surface area contributed by atoms with Crippen LogP contribution in [-0.4, -0.2) is 23.2 Å². The van der Waals surface area contributed by atoms with E-state index in [4.69, 9.17) is 0 Å². The van der Waals surface area contributed by atoms with Gasteiger partial charge in [0.1, 0.15) is 0 Å². The molecule has 2 fully saturated rings. The first-order valence-corrected chi connectivity index (χ1v) is 10.3. The molecule has 3 aliphatic carbocycles. The lowest BCUT2D eigenvalue weighted by Crippen LogP contribution is -2.30. The van der Waals surface area contributed by atoms with Gasteiger partial charge in [0.05, 0.1) is 16.1 Å². The van der Waals surface area contributed by atoms with Gasteiger partial charge in [0.15, 0.2) is 5.78 Å². The molecule has 0 amide bonds. The van der Waals surface area contributed by atoms with Crippen molar-refractivity contribution in [3.8, 4) is 10.4 Å². The average Bonchev–Trinajstić information content (AvgIpc) is 3.27. The zero-order chi connectivity index (χ0) is 16.3. The molecular formula is C20H24N2OS. The zero-order valence-electron chi connectivity index (χ0n) is 14.4. The maximum absolute atomic E-state index is 13.0. The van der Waals surface area contributed by atoms with Gasteiger partial charge >= 0.3 is 0 Å². The van der Waals surface area contributed by atoms with Crippen molar-refractivity contribution in [2.75, 3.05) is 18.0 Å². The summed E-state index contributed by atoms with van der Waals surface area (Å²) >= 11 is 1.63. The normalized spacial score (nSPS) is 20.6. The molecule has 2 heterocycles. The molecule has 126 valence electrons. The van der Waals surface area contributed by atoms with Crippen LogP contribution in [0.3, 0.4) is 0 Å². The van der Waals surface area contributed by atoms with E-state index in [1.54, 1.807) is 17.1 Å². The van der Waals surface area contributed by atoms with Crippen LogP contribution in [0.25, 0.3) is 10.4 Å². The summed E-state index contributed by atoms with van der Waals surface area (Å²) < 4.78 is 4.68. The first-order valence-electron chi connectivity index (χ1n) is 9.48. The molecule has 0 aromatic heterocycles. The largest absolute Gasteiger partial charge is 0.371 e. The number of carbonyl (C=O) groups excluding carboxylic acids is 1. The first kappa shape index (κ1) is 14.9. The van der Waals surface area contributed by atoms with Gasteiger partial charge in [0.2, 0.25) is 0 Å². The van der Waals surface area contributed by atoms with Gasteiger partial charge in [-0.25, -0.2) is 0 Å². The first-order chi connectivity index (χ1) is 11.8. The molecule has 2 aliphatic heterocycles. The fourth-order valence-electron chi connectivity index (χ4n) is 4.66. The number of piperidine rings is 1. The molecular weight excluding hydrogens is 316 g/mol. The lowest BCUT2D eigenvalue weighted by molar-refractivity contribution is 0.0967. The van der Waals surface area contributed by atoms with E-state index < -0.39 is 0 Å². The summed E-state index contributed by atoms with van der Waals surface area (Å²) in [7, 11) is 0. The lowest BCUT2D eigenvalue weighted by atomic mass is 9.97. The van der Waals surface area contributed by atoms with Crippen LogP contribution in [-0.2, 0) is 12.8 Å². The molecule has 0 aromatic carbocycles. The Morgan fingerprint density at radius 3 is 2.58 bits per heavy atom. The quantitative estimate of drug-likeness (QED) is 0.764. The van der Waals surface area contributed by atoms with Crippen LogP contribution in [0.4, 0.5) is 5.69 Å². The Morgan fingerprint density at radius 2 is 1.83 bits per heavy atom. The minimum absolute atomic E-state index is 0.264. The monoisotopic (exact) mass is 340 g/mol. The molecule has 1 saturated heterocycles. The second-order valence-electron chi connectivity index (χ2n) is 7.69. The van der Waals surface area contributed by atoms with Gasteiger partial charge in [-0.05, 0) is 80.9 Å². The average molecular weight is 340 g/mol. The van der Waals surface area contributed by atoms with Crippen molar-refractivity contribution in [1.82, 2.24) is 4.37 Å². The van der Waals surface area contributed by atoms with Gasteiger partial charge in [0.25, 0.3) is 0 Å². The number of hydrogen-bond donors (Lipinski definition) is 0. The van der Waals surface area contributed by atoms with Crippen molar-refractivity contribution < 1.29 is 4.79 Å². The SMILES string of the molecule is Cc1nsc2c3c(c(N4CCCCC4)c-2c1C(=O)C1CC1)CCC3. The molecule has 0 spiro atoms. The van der Waals surface area contributed by atoms with Crippen molar-refractivity contribution in [3.63, 3.8) is 0 Å². The van der Waals surface area contributed by atoms with Crippen molar-refractivity contribution >= 4 is 23.0 Å². The Kier molecular flexibility index (Phi) is 3.44. The smallest absolute Gasteiger partial charge is 0.168 e. The number of hydrogen-bond acceptors (Lipinski definition) is 4. The van der Waals surface area contributed by atoms with Crippen LogP contribution in [0.2, 0.25) is 0 Å². The third-order valence-corrected chi connectivity index (χ3v) is 6.99. The highest BCUT2D eigenvalue weighted by molar-refractivity contribution is 7.09. The predicted octanol–water partition coefficient (Wildman–Crippen LogP) is 4.63. The molecule has 4 heteroatoms. The second-order valence-corrected chi connectivity index (χ2v) is 8.47. The Bertz CT molecular complexity index is 784. The molecule has 0 unspecified atom stereocenters. The third kappa shape index (κ3) is 2.15. The number of ketones is 1. The summed E-state index contributed by atoms with van der Waals surface area (Å²) in [4.78, 5) is 17.0. The topological polar surface area (TPSA) is 33.2 Å². The molecule has 3 nitrogen and oxygen atoms in total. The summed E-state index contributed by atoms with van der Waals surface area (Å²) in [5.74, 6) is 0.625. The van der Waals surface area contributed by atoms with E-state index in [1.807, 2.05) is 6.92 Å². The van der Waals surface area contributed by atoms with Gasteiger partial charge in [0, 0.05) is 30.3 Å². The highest BCUT2D eigenvalue weighted by Crippen LogP contribution is 2.52. The Labute approximate surface area is 147 Å². The number of aromatic nitrogens is 1. The Hall–Kier alpha value is -1.42.